The predicted octanol–water partition coefficient (Wildman–Crippen LogP) is 2.61. The summed E-state index contributed by atoms with van der Waals surface area (Å²) in [7, 11) is 0. The first-order valence-corrected chi connectivity index (χ1v) is 13.3. The van der Waals surface area contributed by atoms with E-state index in [0.717, 1.165) is 17.5 Å². The highest BCUT2D eigenvalue weighted by Crippen LogP contribution is 2.52. The molecule has 5 atom stereocenters. The molecule has 2 aromatic rings. The van der Waals surface area contributed by atoms with Gasteiger partial charge in [-0.05, 0) is 47.9 Å². The van der Waals surface area contributed by atoms with E-state index in [4.69, 9.17) is 0 Å². The summed E-state index contributed by atoms with van der Waals surface area (Å²) in [5, 5.41) is 0. The topological polar surface area (TPSA) is 95.1 Å². The van der Waals surface area contributed by atoms with Crippen LogP contribution in [0.2, 0.25) is 0 Å². The molecule has 2 bridgehead atoms. The maximum atomic E-state index is 13.6. The van der Waals surface area contributed by atoms with Crippen LogP contribution in [0.25, 0.3) is 0 Å². The van der Waals surface area contributed by atoms with E-state index in [0.29, 0.717) is 24.1 Å². The lowest BCUT2D eigenvalue weighted by atomic mass is 9.85. The van der Waals surface area contributed by atoms with Crippen molar-refractivity contribution in [1.82, 2.24) is 14.7 Å². The Labute approximate surface area is 219 Å². The fraction of sp³-hybridized carbons (Fsp3) is 0.367. The molecule has 3 aliphatic heterocycles. The molecule has 0 radical (unpaired) electrons. The highest BCUT2D eigenvalue weighted by molar-refractivity contribution is 6.21. The highest BCUT2D eigenvalue weighted by atomic mass is 16.2. The predicted molar refractivity (Wildman–Crippen MR) is 135 cm³/mol. The summed E-state index contributed by atoms with van der Waals surface area (Å²) in [5.41, 5.74) is 2.74. The van der Waals surface area contributed by atoms with Crippen LogP contribution in [0.15, 0.2) is 60.7 Å². The number of likely N-dealkylation sites (tertiary alicyclic amines) is 1. The zero-order chi connectivity index (χ0) is 26.1. The third kappa shape index (κ3) is 3.25. The molecule has 8 nitrogen and oxygen atoms in total. The molecule has 3 heterocycles. The van der Waals surface area contributed by atoms with Crippen LogP contribution in [0, 0.1) is 23.7 Å². The molecule has 38 heavy (non-hydrogen) atoms. The maximum absolute atomic E-state index is 13.6. The van der Waals surface area contributed by atoms with Crippen molar-refractivity contribution in [3.63, 3.8) is 0 Å². The van der Waals surface area contributed by atoms with Gasteiger partial charge in [-0.1, -0.05) is 48.6 Å². The van der Waals surface area contributed by atoms with Crippen molar-refractivity contribution >= 4 is 29.5 Å². The molecule has 0 N–H and O–H groups in total. The van der Waals surface area contributed by atoms with Gasteiger partial charge in [-0.2, -0.15) is 0 Å². The molecule has 5 unspecified atom stereocenters. The molecule has 1 saturated carbocycles. The number of fused-ring (bicyclic) bond motifs is 7. The summed E-state index contributed by atoms with van der Waals surface area (Å²) in [4.78, 5) is 70.2. The molecule has 2 aliphatic carbocycles. The molecular formula is C30H27N3O5. The zero-order valence-corrected chi connectivity index (χ0v) is 20.8. The number of nitrogens with zero attached hydrogens (tertiary/aromatic N) is 3. The van der Waals surface area contributed by atoms with Crippen LogP contribution in [0.1, 0.15) is 50.7 Å². The van der Waals surface area contributed by atoms with Crippen LogP contribution in [0.5, 0.6) is 0 Å². The molecule has 0 spiro atoms. The number of hydrogen-bond donors (Lipinski definition) is 0. The summed E-state index contributed by atoms with van der Waals surface area (Å²) in [6.45, 7) is 0.543. The number of imide groups is 2. The number of hydrogen-bond acceptors (Lipinski definition) is 5. The first-order valence-electron chi connectivity index (χ1n) is 13.3. The minimum absolute atomic E-state index is 0.0144. The van der Waals surface area contributed by atoms with Gasteiger partial charge in [0.15, 0.2) is 0 Å². The molecule has 5 amide bonds. The Hall–Kier alpha value is -4.07. The van der Waals surface area contributed by atoms with Gasteiger partial charge in [-0.25, -0.2) is 0 Å². The van der Waals surface area contributed by atoms with E-state index in [9.17, 15) is 24.0 Å². The third-order valence-electron chi connectivity index (χ3n) is 9.08. The third-order valence-corrected chi connectivity index (χ3v) is 9.08. The van der Waals surface area contributed by atoms with E-state index < -0.39 is 6.04 Å². The van der Waals surface area contributed by atoms with E-state index in [1.54, 1.807) is 29.2 Å². The van der Waals surface area contributed by atoms with E-state index in [1.807, 2.05) is 24.3 Å². The van der Waals surface area contributed by atoms with Crippen molar-refractivity contribution in [2.45, 2.75) is 25.3 Å². The Kier molecular flexibility index (Phi) is 5.15. The summed E-state index contributed by atoms with van der Waals surface area (Å²) < 4.78 is 0. The minimum Gasteiger partial charge on any atom is -0.333 e. The lowest BCUT2D eigenvalue weighted by Crippen LogP contribution is -2.47. The van der Waals surface area contributed by atoms with Gasteiger partial charge in [0.05, 0.1) is 35.5 Å². The van der Waals surface area contributed by atoms with Crippen LogP contribution in [-0.4, -0.2) is 63.9 Å². The SMILES string of the molecule is O=C1c2ccccc2C(=O)N1CC1c2ccccc2CCN1C(=O)CCN1C(=O)C2C3C=CC(C3)C2C1=O. The van der Waals surface area contributed by atoms with Gasteiger partial charge in [-0.15, -0.1) is 0 Å². The van der Waals surface area contributed by atoms with Crippen molar-refractivity contribution < 1.29 is 24.0 Å². The molecule has 2 fully saturated rings. The van der Waals surface area contributed by atoms with Crippen LogP contribution < -0.4 is 0 Å². The van der Waals surface area contributed by atoms with Gasteiger partial charge in [0.25, 0.3) is 11.8 Å². The normalized spacial score (nSPS) is 28.8. The molecule has 7 rings (SSSR count). The quantitative estimate of drug-likeness (QED) is 0.456. The van der Waals surface area contributed by atoms with Crippen LogP contribution >= 0.6 is 0 Å². The molecule has 8 heteroatoms. The number of carbonyl (C=O) groups excluding carboxylic acids is 5. The first-order chi connectivity index (χ1) is 18.4. The standard InChI is InChI=1S/C30H27N3O5/c34-24(12-14-32-29(37)25-18-9-10-19(15-18)26(25)30(32)38)31-13-11-17-5-1-2-6-20(17)23(31)16-33-27(35)21-7-3-4-8-22(21)28(33)36/h1-10,18-19,23,25-26H,11-16H2. The Bertz CT molecular complexity index is 1380. The van der Waals surface area contributed by atoms with Gasteiger partial charge in [0, 0.05) is 19.5 Å². The van der Waals surface area contributed by atoms with Gasteiger partial charge in [0.1, 0.15) is 0 Å². The second-order valence-electron chi connectivity index (χ2n) is 10.9. The largest absolute Gasteiger partial charge is 0.333 e. The molecule has 192 valence electrons. The van der Waals surface area contributed by atoms with Crippen molar-refractivity contribution in [2.24, 2.45) is 23.7 Å². The van der Waals surface area contributed by atoms with Crippen LogP contribution in [-0.2, 0) is 20.8 Å². The maximum Gasteiger partial charge on any atom is 0.261 e. The first kappa shape index (κ1) is 23.1. The lowest BCUT2D eigenvalue weighted by molar-refractivity contribution is -0.142. The average molecular weight is 510 g/mol. The van der Waals surface area contributed by atoms with Crippen molar-refractivity contribution in [1.29, 1.82) is 0 Å². The van der Waals surface area contributed by atoms with Crippen LogP contribution in [0.4, 0.5) is 0 Å². The number of rotatable bonds is 5. The Morgan fingerprint density at radius 1 is 0.789 bits per heavy atom. The number of benzene rings is 2. The molecule has 5 aliphatic rings. The molecule has 1 saturated heterocycles. The number of carbonyl (C=O) groups is 5. The van der Waals surface area contributed by atoms with E-state index >= 15 is 0 Å². The van der Waals surface area contributed by atoms with Crippen molar-refractivity contribution in [3.05, 3.63) is 82.9 Å². The van der Waals surface area contributed by atoms with Gasteiger partial charge < -0.3 is 4.90 Å². The lowest BCUT2D eigenvalue weighted by Gasteiger charge is -2.39. The summed E-state index contributed by atoms with van der Waals surface area (Å²) >= 11 is 0. The summed E-state index contributed by atoms with van der Waals surface area (Å²) in [6.07, 6.45) is 5.65. The number of allylic oxidation sites excluding steroid dienone is 2. The minimum atomic E-state index is -0.501. The monoisotopic (exact) mass is 509 g/mol. The van der Waals surface area contributed by atoms with Crippen LogP contribution in [0.3, 0.4) is 0 Å². The second-order valence-corrected chi connectivity index (χ2v) is 10.9. The molecule has 2 aromatic carbocycles. The summed E-state index contributed by atoms with van der Waals surface area (Å²) in [6, 6.07) is 14.0. The summed E-state index contributed by atoms with van der Waals surface area (Å²) in [5.74, 6) is -1.53. The fourth-order valence-electron chi connectivity index (χ4n) is 7.26. The Balaban J connectivity index is 1.11. The molecular weight excluding hydrogens is 482 g/mol. The Morgan fingerprint density at radius 2 is 1.39 bits per heavy atom. The van der Waals surface area contributed by atoms with Crippen molar-refractivity contribution in [3.8, 4) is 0 Å². The van der Waals surface area contributed by atoms with Gasteiger partial charge in [-0.3, -0.25) is 33.8 Å². The van der Waals surface area contributed by atoms with E-state index in [2.05, 4.69) is 12.2 Å². The van der Waals surface area contributed by atoms with Gasteiger partial charge >= 0.3 is 0 Å². The van der Waals surface area contributed by atoms with Gasteiger partial charge in [0.2, 0.25) is 17.7 Å². The molecule has 0 aromatic heterocycles. The highest BCUT2D eigenvalue weighted by Gasteiger charge is 2.59. The Morgan fingerprint density at radius 3 is 2.05 bits per heavy atom. The fourth-order valence-corrected chi connectivity index (χ4v) is 7.26. The van der Waals surface area contributed by atoms with E-state index in [1.165, 1.54) is 9.80 Å². The van der Waals surface area contributed by atoms with Crippen molar-refractivity contribution in [2.75, 3.05) is 19.6 Å². The smallest absolute Gasteiger partial charge is 0.261 e. The second kappa shape index (κ2) is 8.48. The number of amides is 5. The van der Waals surface area contributed by atoms with E-state index in [-0.39, 0.29) is 72.7 Å². The average Bonchev–Trinajstić information content (AvgIpc) is 3.67. The zero-order valence-electron chi connectivity index (χ0n) is 20.8.